The molecule has 8 heteroatoms. The zero-order valence-corrected chi connectivity index (χ0v) is 40.2. The average Bonchev–Trinajstić information content (AvgIpc) is 3.90. The molecular weight excluding hydrogens is 857 g/mol. The van der Waals surface area contributed by atoms with Gasteiger partial charge in [-0.1, -0.05) is 123 Å². The molecule has 0 aliphatic rings. The van der Waals surface area contributed by atoms with Gasteiger partial charge in [-0.25, -0.2) is 19.9 Å². The highest BCUT2D eigenvalue weighted by atomic mass is 15.3. The SMILES string of the molecule is CC.Cc1cc(C)nc(N(c2ccc(-c3ccc(N(c4ccc5c6ccccc6n(-c6ccccc6)c5c4)c4nc(C)cc(C)n4)cc3)cc2)c2ccc3c4ccccc4n(-c4ccccc4)c3c2)n1. The Hall–Kier alpha value is -8.88. The van der Waals surface area contributed by atoms with Crippen LogP contribution in [0.3, 0.4) is 0 Å². The van der Waals surface area contributed by atoms with Gasteiger partial charge in [0.25, 0.3) is 0 Å². The zero-order chi connectivity index (χ0) is 47.9. The molecule has 8 aromatic carbocycles. The molecule has 0 bridgehead atoms. The molecule has 0 amide bonds. The second-order valence-electron chi connectivity index (χ2n) is 17.4. The predicted molar refractivity (Wildman–Crippen MR) is 291 cm³/mol. The van der Waals surface area contributed by atoms with Gasteiger partial charge in [0.2, 0.25) is 11.9 Å². The quantitative estimate of drug-likeness (QED) is 0.144. The Labute approximate surface area is 408 Å². The van der Waals surface area contributed by atoms with Gasteiger partial charge in [-0.3, -0.25) is 9.80 Å². The van der Waals surface area contributed by atoms with Gasteiger partial charge in [0.1, 0.15) is 0 Å². The number of para-hydroxylation sites is 4. The molecule has 0 spiro atoms. The summed E-state index contributed by atoms with van der Waals surface area (Å²) in [5, 5.41) is 4.79. The first-order valence-corrected chi connectivity index (χ1v) is 24.0. The van der Waals surface area contributed by atoms with Crippen LogP contribution in [0.2, 0.25) is 0 Å². The molecule has 0 aliphatic carbocycles. The van der Waals surface area contributed by atoms with Crippen molar-refractivity contribution in [1.29, 1.82) is 0 Å². The van der Waals surface area contributed by atoms with Gasteiger partial charge >= 0.3 is 0 Å². The highest BCUT2D eigenvalue weighted by Crippen LogP contribution is 2.42. The fourth-order valence-electron chi connectivity index (χ4n) is 9.89. The highest BCUT2D eigenvalue weighted by Gasteiger charge is 2.22. The average molecular weight is 909 g/mol. The van der Waals surface area contributed by atoms with Gasteiger partial charge in [0.15, 0.2) is 0 Å². The maximum atomic E-state index is 5.00. The number of anilines is 6. The summed E-state index contributed by atoms with van der Waals surface area (Å²) >= 11 is 0. The second kappa shape index (κ2) is 18.3. The Bertz CT molecular complexity index is 3540. The van der Waals surface area contributed by atoms with Crippen LogP contribution in [0.15, 0.2) is 206 Å². The summed E-state index contributed by atoms with van der Waals surface area (Å²) in [5.41, 5.74) is 16.4. The third-order valence-electron chi connectivity index (χ3n) is 12.8. The van der Waals surface area contributed by atoms with Crippen LogP contribution in [-0.2, 0) is 0 Å². The van der Waals surface area contributed by atoms with Crippen molar-refractivity contribution < 1.29 is 0 Å². The summed E-state index contributed by atoms with van der Waals surface area (Å²) < 4.78 is 4.69. The minimum atomic E-state index is 0.623. The number of rotatable bonds is 9. The van der Waals surface area contributed by atoms with E-state index in [4.69, 9.17) is 19.9 Å². The van der Waals surface area contributed by atoms with Crippen molar-refractivity contribution in [3.8, 4) is 22.5 Å². The lowest BCUT2D eigenvalue weighted by Gasteiger charge is -2.25. The molecule has 0 saturated carbocycles. The fourth-order valence-corrected chi connectivity index (χ4v) is 9.89. The second-order valence-corrected chi connectivity index (χ2v) is 17.4. The number of aryl methyl sites for hydroxylation is 4. The molecule has 0 fully saturated rings. The largest absolute Gasteiger partial charge is 0.309 e. The van der Waals surface area contributed by atoms with Gasteiger partial charge in [-0.05, 0) is 136 Å². The van der Waals surface area contributed by atoms with E-state index >= 15 is 0 Å². The monoisotopic (exact) mass is 908 g/mol. The van der Waals surface area contributed by atoms with E-state index in [0.717, 1.165) is 90.1 Å². The molecule has 0 atom stereocenters. The summed E-state index contributed by atoms with van der Waals surface area (Å²) in [6.45, 7) is 12.1. The number of benzene rings is 8. The van der Waals surface area contributed by atoms with Crippen molar-refractivity contribution in [3.63, 3.8) is 0 Å². The highest BCUT2D eigenvalue weighted by molar-refractivity contribution is 6.11. The van der Waals surface area contributed by atoms with E-state index < -0.39 is 0 Å². The van der Waals surface area contributed by atoms with Crippen molar-refractivity contribution >= 4 is 78.3 Å². The summed E-state index contributed by atoms with van der Waals surface area (Å²) in [7, 11) is 0. The van der Waals surface area contributed by atoms with E-state index in [0.29, 0.717) is 11.9 Å². The van der Waals surface area contributed by atoms with Crippen LogP contribution < -0.4 is 9.80 Å². The van der Waals surface area contributed by atoms with Crippen LogP contribution in [0.1, 0.15) is 36.6 Å². The van der Waals surface area contributed by atoms with E-state index in [2.05, 4.69) is 213 Å². The predicted octanol–water partition coefficient (Wildman–Crippen LogP) is 16.3. The summed E-state index contributed by atoms with van der Waals surface area (Å²) in [5.74, 6) is 1.25. The van der Waals surface area contributed by atoms with Gasteiger partial charge in [0, 0.05) is 67.1 Å². The Morgan fingerprint density at radius 2 is 0.614 bits per heavy atom. The van der Waals surface area contributed by atoms with Crippen LogP contribution in [0, 0.1) is 27.7 Å². The van der Waals surface area contributed by atoms with Crippen LogP contribution in [-0.4, -0.2) is 29.1 Å². The van der Waals surface area contributed by atoms with Gasteiger partial charge in [0.05, 0.1) is 33.4 Å². The molecule has 4 aromatic heterocycles. The lowest BCUT2D eigenvalue weighted by Crippen LogP contribution is -2.14. The lowest BCUT2D eigenvalue weighted by molar-refractivity contribution is 1.01. The van der Waals surface area contributed by atoms with E-state index in [1.54, 1.807) is 0 Å². The summed E-state index contributed by atoms with van der Waals surface area (Å²) in [4.78, 5) is 24.3. The first kappa shape index (κ1) is 43.7. The van der Waals surface area contributed by atoms with Gasteiger partial charge in [-0.15, -0.1) is 0 Å². The third-order valence-corrected chi connectivity index (χ3v) is 12.8. The molecule has 0 N–H and O–H groups in total. The van der Waals surface area contributed by atoms with E-state index in [9.17, 15) is 0 Å². The minimum absolute atomic E-state index is 0.623. The summed E-state index contributed by atoms with van der Waals surface area (Å²) in [6.07, 6.45) is 0. The number of aromatic nitrogens is 6. The molecule has 12 rings (SSSR count). The first-order valence-electron chi connectivity index (χ1n) is 24.0. The van der Waals surface area contributed by atoms with E-state index in [1.165, 1.54) is 21.5 Å². The lowest BCUT2D eigenvalue weighted by atomic mass is 10.0. The number of nitrogens with zero attached hydrogens (tertiary/aromatic N) is 8. The van der Waals surface area contributed by atoms with Crippen LogP contribution in [0.25, 0.3) is 66.1 Å². The number of fused-ring (bicyclic) bond motifs is 6. The maximum Gasteiger partial charge on any atom is 0.235 e. The summed E-state index contributed by atoms with van der Waals surface area (Å²) in [6, 6.07) is 73.1. The van der Waals surface area contributed by atoms with Crippen molar-refractivity contribution in [2.75, 3.05) is 9.80 Å². The molecule has 0 unspecified atom stereocenters. The molecule has 12 aromatic rings. The molecule has 0 saturated heterocycles. The van der Waals surface area contributed by atoms with Crippen LogP contribution >= 0.6 is 0 Å². The standard InChI is InChI=1S/C60H46N8.C2H6/c1-39-35-40(2)62-59(61-39)65(49-31-33-53-51-19-11-13-21-55(51)67(57(53)37-49)45-15-7-5-8-16-45)47-27-23-43(24-28-47)44-25-29-48(30-26-44)66(60-63-41(3)36-42(4)64-60)50-32-34-54-52-20-12-14-22-56(52)68(58(54)38-50)46-17-9-6-10-18-46;1-2/h5-38H,1-4H3;1-2H3. The molecule has 8 nitrogen and oxygen atoms in total. The van der Waals surface area contributed by atoms with Gasteiger partial charge < -0.3 is 9.13 Å². The Morgan fingerprint density at radius 3 is 0.986 bits per heavy atom. The van der Waals surface area contributed by atoms with E-state index in [-0.39, 0.29) is 0 Å². The van der Waals surface area contributed by atoms with E-state index in [1.807, 2.05) is 53.7 Å². The molecule has 4 heterocycles. The Morgan fingerprint density at radius 1 is 0.300 bits per heavy atom. The fraction of sp³-hybridized carbons (Fsp3) is 0.0968. The molecule has 0 aliphatic heterocycles. The maximum absolute atomic E-state index is 5.00. The molecule has 70 heavy (non-hydrogen) atoms. The van der Waals surface area contributed by atoms with Crippen molar-refractivity contribution in [1.82, 2.24) is 29.1 Å². The molecule has 0 radical (unpaired) electrons. The zero-order valence-electron chi connectivity index (χ0n) is 40.2. The van der Waals surface area contributed by atoms with Gasteiger partial charge in [-0.2, -0.15) is 0 Å². The van der Waals surface area contributed by atoms with Crippen molar-refractivity contribution in [3.05, 3.63) is 229 Å². The van der Waals surface area contributed by atoms with Crippen molar-refractivity contribution in [2.45, 2.75) is 41.5 Å². The Kier molecular flexibility index (Phi) is 11.4. The third kappa shape index (κ3) is 7.89. The molecular formula is C62H52N8. The molecule has 340 valence electrons. The van der Waals surface area contributed by atoms with Crippen LogP contribution in [0.5, 0.6) is 0 Å². The Balaban J connectivity index is 0.00000263. The number of hydrogen-bond acceptors (Lipinski definition) is 6. The topological polar surface area (TPSA) is 67.9 Å². The number of hydrogen-bond donors (Lipinski definition) is 0. The van der Waals surface area contributed by atoms with Crippen LogP contribution in [0.4, 0.5) is 34.6 Å². The smallest absolute Gasteiger partial charge is 0.235 e. The first-order chi connectivity index (χ1) is 34.3. The normalized spacial score (nSPS) is 11.3. The minimum Gasteiger partial charge on any atom is -0.309 e. The van der Waals surface area contributed by atoms with Crippen molar-refractivity contribution in [2.24, 2.45) is 0 Å².